The van der Waals surface area contributed by atoms with Crippen LogP contribution in [0.25, 0.3) is 0 Å². The van der Waals surface area contributed by atoms with E-state index in [9.17, 15) is 14.4 Å². The van der Waals surface area contributed by atoms with Gasteiger partial charge in [0.2, 0.25) is 11.8 Å². The number of amides is 3. The normalized spacial score (nSPS) is 11.6. The van der Waals surface area contributed by atoms with Crippen LogP contribution in [0.2, 0.25) is 0 Å². The number of aryl methyl sites for hydroxylation is 1. The molecular formula is C23H29N3O3. The van der Waals surface area contributed by atoms with E-state index in [0.29, 0.717) is 25.1 Å². The van der Waals surface area contributed by atoms with Gasteiger partial charge in [0.25, 0.3) is 5.91 Å². The topological polar surface area (TPSA) is 87.3 Å². The number of hydrogen-bond donors (Lipinski definition) is 3. The van der Waals surface area contributed by atoms with E-state index < -0.39 is 6.04 Å². The molecule has 2 rings (SSSR count). The lowest BCUT2D eigenvalue weighted by molar-refractivity contribution is -0.124. The molecule has 154 valence electrons. The fourth-order valence-corrected chi connectivity index (χ4v) is 2.92. The Kier molecular flexibility index (Phi) is 8.40. The zero-order chi connectivity index (χ0) is 21.2. The third-order valence-electron chi connectivity index (χ3n) is 4.58. The van der Waals surface area contributed by atoms with Crippen molar-refractivity contribution in [3.63, 3.8) is 0 Å². The molecule has 0 heterocycles. The molecule has 0 saturated carbocycles. The fraction of sp³-hybridized carbons (Fsp3) is 0.348. The Hall–Kier alpha value is -3.15. The van der Waals surface area contributed by atoms with Crippen LogP contribution in [0.4, 0.5) is 0 Å². The van der Waals surface area contributed by atoms with E-state index >= 15 is 0 Å². The highest BCUT2D eigenvalue weighted by molar-refractivity contribution is 5.98. The highest BCUT2D eigenvalue weighted by Gasteiger charge is 2.24. The van der Waals surface area contributed by atoms with E-state index in [4.69, 9.17) is 0 Å². The van der Waals surface area contributed by atoms with Crippen LogP contribution in [0, 0.1) is 12.8 Å². The highest BCUT2D eigenvalue weighted by Crippen LogP contribution is 2.09. The molecule has 3 N–H and O–H groups in total. The van der Waals surface area contributed by atoms with Gasteiger partial charge in [-0.2, -0.15) is 0 Å². The second-order valence-corrected chi connectivity index (χ2v) is 7.31. The van der Waals surface area contributed by atoms with E-state index in [-0.39, 0.29) is 23.6 Å². The molecule has 0 saturated heterocycles. The van der Waals surface area contributed by atoms with Crippen molar-refractivity contribution in [2.24, 2.45) is 5.92 Å². The SMILES string of the molecule is Cc1ccccc1C(=O)NC(C(=O)NCCNC(=O)Cc1ccccc1)C(C)C. The van der Waals surface area contributed by atoms with Crippen molar-refractivity contribution in [2.75, 3.05) is 13.1 Å². The minimum absolute atomic E-state index is 0.0735. The second-order valence-electron chi connectivity index (χ2n) is 7.31. The van der Waals surface area contributed by atoms with Crippen molar-refractivity contribution >= 4 is 17.7 Å². The fourth-order valence-electron chi connectivity index (χ4n) is 2.92. The zero-order valence-corrected chi connectivity index (χ0v) is 17.2. The van der Waals surface area contributed by atoms with Crippen molar-refractivity contribution in [3.05, 3.63) is 71.3 Å². The first kappa shape index (κ1) is 22.1. The largest absolute Gasteiger partial charge is 0.354 e. The first-order valence-electron chi connectivity index (χ1n) is 9.83. The summed E-state index contributed by atoms with van der Waals surface area (Å²) in [6.45, 7) is 6.24. The van der Waals surface area contributed by atoms with E-state index in [1.165, 1.54) is 0 Å². The Morgan fingerprint density at radius 2 is 1.48 bits per heavy atom. The number of hydrogen-bond acceptors (Lipinski definition) is 3. The molecule has 29 heavy (non-hydrogen) atoms. The van der Waals surface area contributed by atoms with Crippen molar-refractivity contribution in [3.8, 4) is 0 Å². The molecule has 6 nitrogen and oxygen atoms in total. The molecule has 3 amide bonds. The lowest BCUT2D eigenvalue weighted by atomic mass is 10.0. The zero-order valence-electron chi connectivity index (χ0n) is 17.2. The monoisotopic (exact) mass is 395 g/mol. The maximum Gasteiger partial charge on any atom is 0.252 e. The summed E-state index contributed by atoms with van der Waals surface area (Å²) in [5.41, 5.74) is 2.35. The van der Waals surface area contributed by atoms with Gasteiger partial charge in [-0.15, -0.1) is 0 Å². The van der Waals surface area contributed by atoms with E-state index in [2.05, 4.69) is 16.0 Å². The molecule has 0 radical (unpaired) electrons. The maximum atomic E-state index is 12.5. The third kappa shape index (κ3) is 7.07. The molecule has 1 atom stereocenters. The maximum absolute atomic E-state index is 12.5. The second kappa shape index (κ2) is 11.0. The number of benzene rings is 2. The standard InChI is InChI=1S/C23H29N3O3/c1-16(2)21(26-22(28)19-12-8-7-9-17(19)3)23(29)25-14-13-24-20(27)15-18-10-5-4-6-11-18/h4-12,16,21H,13-15H2,1-3H3,(H,24,27)(H,25,29)(H,26,28). The highest BCUT2D eigenvalue weighted by atomic mass is 16.2. The van der Waals surface area contributed by atoms with Gasteiger partial charge in [-0.1, -0.05) is 62.4 Å². The summed E-state index contributed by atoms with van der Waals surface area (Å²) in [5.74, 6) is -0.707. The molecule has 2 aromatic carbocycles. The smallest absolute Gasteiger partial charge is 0.252 e. The molecule has 0 aliphatic heterocycles. The molecular weight excluding hydrogens is 366 g/mol. The summed E-state index contributed by atoms with van der Waals surface area (Å²) in [6, 6.07) is 16.1. The minimum Gasteiger partial charge on any atom is -0.354 e. The van der Waals surface area contributed by atoms with E-state index in [1.54, 1.807) is 12.1 Å². The molecule has 0 aromatic heterocycles. The molecule has 0 aliphatic rings. The summed E-state index contributed by atoms with van der Waals surface area (Å²) in [6.07, 6.45) is 0.301. The third-order valence-corrected chi connectivity index (χ3v) is 4.58. The summed E-state index contributed by atoms with van der Waals surface area (Å²) in [4.78, 5) is 37.0. The lowest BCUT2D eigenvalue weighted by Crippen LogP contribution is -2.51. The van der Waals surface area contributed by atoms with Crippen LogP contribution in [-0.2, 0) is 16.0 Å². The Morgan fingerprint density at radius 3 is 2.14 bits per heavy atom. The number of carbonyl (C=O) groups is 3. The van der Waals surface area contributed by atoms with Crippen LogP contribution in [0.3, 0.4) is 0 Å². The number of rotatable bonds is 9. The Balaban J connectivity index is 1.79. The van der Waals surface area contributed by atoms with Gasteiger partial charge in [0, 0.05) is 18.7 Å². The molecule has 1 unspecified atom stereocenters. The van der Waals surface area contributed by atoms with Gasteiger partial charge in [0.15, 0.2) is 0 Å². The van der Waals surface area contributed by atoms with E-state index in [1.807, 2.05) is 63.2 Å². The molecule has 0 fully saturated rings. The van der Waals surface area contributed by atoms with Crippen molar-refractivity contribution in [2.45, 2.75) is 33.2 Å². The van der Waals surface area contributed by atoms with Gasteiger partial charge in [-0.25, -0.2) is 0 Å². The van der Waals surface area contributed by atoms with Gasteiger partial charge < -0.3 is 16.0 Å². The Labute approximate surface area is 172 Å². The predicted molar refractivity (Wildman–Crippen MR) is 113 cm³/mol. The summed E-state index contributed by atoms with van der Waals surface area (Å²) >= 11 is 0. The Bertz CT molecular complexity index is 834. The summed E-state index contributed by atoms with van der Waals surface area (Å²) in [7, 11) is 0. The quantitative estimate of drug-likeness (QED) is 0.569. The van der Waals surface area contributed by atoms with Gasteiger partial charge in [0.05, 0.1) is 6.42 Å². The Morgan fingerprint density at radius 1 is 0.862 bits per heavy atom. The number of nitrogens with one attached hydrogen (secondary N) is 3. The van der Waals surface area contributed by atoms with Crippen molar-refractivity contribution in [1.29, 1.82) is 0 Å². The average molecular weight is 396 g/mol. The molecule has 2 aromatic rings. The van der Waals surface area contributed by atoms with Crippen molar-refractivity contribution < 1.29 is 14.4 Å². The van der Waals surface area contributed by atoms with E-state index in [0.717, 1.165) is 11.1 Å². The molecule has 6 heteroatoms. The first-order valence-corrected chi connectivity index (χ1v) is 9.83. The lowest BCUT2D eigenvalue weighted by Gasteiger charge is -2.22. The summed E-state index contributed by atoms with van der Waals surface area (Å²) in [5, 5.41) is 8.39. The van der Waals surface area contributed by atoms with Gasteiger partial charge in [-0.3, -0.25) is 14.4 Å². The van der Waals surface area contributed by atoms with Crippen LogP contribution in [0.1, 0.15) is 35.3 Å². The predicted octanol–water partition coefficient (Wildman–Crippen LogP) is 2.22. The van der Waals surface area contributed by atoms with Gasteiger partial charge in [0.1, 0.15) is 6.04 Å². The molecule has 0 bridgehead atoms. The summed E-state index contributed by atoms with van der Waals surface area (Å²) < 4.78 is 0. The minimum atomic E-state index is -0.651. The van der Waals surface area contributed by atoms with Crippen LogP contribution < -0.4 is 16.0 Å². The van der Waals surface area contributed by atoms with Gasteiger partial charge in [-0.05, 0) is 30.0 Å². The number of carbonyl (C=O) groups excluding carboxylic acids is 3. The van der Waals surface area contributed by atoms with Crippen LogP contribution in [0.15, 0.2) is 54.6 Å². The van der Waals surface area contributed by atoms with Crippen molar-refractivity contribution in [1.82, 2.24) is 16.0 Å². The van der Waals surface area contributed by atoms with Gasteiger partial charge >= 0.3 is 0 Å². The van der Waals surface area contributed by atoms with Crippen LogP contribution >= 0.6 is 0 Å². The van der Waals surface area contributed by atoms with Crippen LogP contribution in [0.5, 0.6) is 0 Å². The average Bonchev–Trinajstić information content (AvgIpc) is 2.70. The van der Waals surface area contributed by atoms with Crippen LogP contribution in [-0.4, -0.2) is 36.9 Å². The first-order chi connectivity index (χ1) is 13.9. The molecule has 0 aliphatic carbocycles. The molecule has 0 spiro atoms.